The van der Waals surface area contributed by atoms with Crippen molar-refractivity contribution >= 4 is 10.9 Å². The van der Waals surface area contributed by atoms with Gasteiger partial charge in [-0.1, -0.05) is 18.2 Å². The lowest BCUT2D eigenvalue weighted by molar-refractivity contribution is 0.699. The lowest BCUT2D eigenvalue weighted by Gasteiger charge is -2.19. The zero-order valence-corrected chi connectivity index (χ0v) is 11.1. The molecule has 0 unspecified atom stereocenters. The average Bonchev–Trinajstić information content (AvgIpc) is 2.81. The zero-order valence-electron chi connectivity index (χ0n) is 11.1. The van der Waals surface area contributed by atoms with Crippen LogP contribution >= 0.6 is 0 Å². The minimum atomic E-state index is 1.06. The second kappa shape index (κ2) is 3.67. The van der Waals surface area contributed by atoms with Crippen LogP contribution in [0.15, 0.2) is 30.5 Å². The van der Waals surface area contributed by atoms with Crippen molar-refractivity contribution in [3.8, 4) is 11.3 Å². The van der Waals surface area contributed by atoms with E-state index in [1.54, 1.807) is 0 Å². The highest BCUT2D eigenvalue weighted by molar-refractivity contribution is 5.87. The van der Waals surface area contributed by atoms with Crippen molar-refractivity contribution in [3.63, 3.8) is 0 Å². The van der Waals surface area contributed by atoms with Crippen LogP contribution in [0.4, 0.5) is 0 Å². The number of pyridine rings is 1. The van der Waals surface area contributed by atoms with Gasteiger partial charge in [-0.3, -0.25) is 4.68 Å². The molecule has 2 aromatic heterocycles. The highest BCUT2D eigenvalue weighted by atomic mass is 15.3. The first-order chi connectivity index (χ1) is 9.25. The molecule has 1 aromatic carbocycles. The highest BCUT2D eigenvalue weighted by Crippen LogP contribution is 2.35. The number of aryl methyl sites for hydroxylation is 2. The molecule has 2 heterocycles. The molecule has 1 aliphatic rings. The van der Waals surface area contributed by atoms with Crippen LogP contribution in [0.25, 0.3) is 22.2 Å². The van der Waals surface area contributed by atoms with Crippen LogP contribution in [0.1, 0.15) is 16.8 Å². The highest BCUT2D eigenvalue weighted by Gasteiger charge is 2.23. The molecule has 1 aliphatic carbocycles. The largest absolute Gasteiger partial charge is 0.272 e. The van der Waals surface area contributed by atoms with Gasteiger partial charge in [0.2, 0.25) is 0 Å². The molecule has 3 aromatic rings. The number of hydrogen-bond donors (Lipinski definition) is 0. The molecule has 0 saturated carbocycles. The Balaban J connectivity index is 2.11. The summed E-state index contributed by atoms with van der Waals surface area (Å²) in [6.07, 6.45) is 4.07. The van der Waals surface area contributed by atoms with E-state index in [0.717, 1.165) is 24.1 Å². The van der Waals surface area contributed by atoms with Gasteiger partial charge in [0, 0.05) is 23.7 Å². The van der Waals surface area contributed by atoms with Gasteiger partial charge < -0.3 is 0 Å². The van der Waals surface area contributed by atoms with E-state index in [-0.39, 0.29) is 0 Å². The number of rotatable bonds is 0. The summed E-state index contributed by atoms with van der Waals surface area (Å²) in [4.78, 5) is 4.88. The van der Waals surface area contributed by atoms with E-state index in [9.17, 15) is 0 Å². The van der Waals surface area contributed by atoms with E-state index >= 15 is 0 Å². The molecule has 0 saturated heterocycles. The maximum atomic E-state index is 4.88. The summed E-state index contributed by atoms with van der Waals surface area (Å²) in [5.41, 5.74) is 7.47. The standard InChI is InChI=1S/C16H15N3/c1-10-11-5-3-4-6-14(11)18-16-12(10)7-8-15-13(16)9-17-19(15)2/h3-6,9H,7-8H2,1-2H3. The summed E-state index contributed by atoms with van der Waals surface area (Å²) in [5, 5.41) is 5.66. The Morgan fingerprint density at radius 1 is 1.16 bits per heavy atom. The van der Waals surface area contributed by atoms with Crippen LogP contribution in [-0.4, -0.2) is 14.8 Å². The van der Waals surface area contributed by atoms with Crippen molar-refractivity contribution in [2.24, 2.45) is 7.05 Å². The first-order valence-corrected chi connectivity index (χ1v) is 6.65. The molecular formula is C16H15N3. The molecule has 0 spiro atoms. The summed E-state index contributed by atoms with van der Waals surface area (Å²) in [6.45, 7) is 2.21. The molecular weight excluding hydrogens is 234 g/mol. The van der Waals surface area contributed by atoms with Crippen molar-refractivity contribution < 1.29 is 0 Å². The Morgan fingerprint density at radius 3 is 2.89 bits per heavy atom. The quantitative estimate of drug-likeness (QED) is 0.613. The summed E-state index contributed by atoms with van der Waals surface area (Å²) in [6, 6.07) is 8.39. The molecule has 0 bridgehead atoms. The van der Waals surface area contributed by atoms with Gasteiger partial charge in [0.1, 0.15) is 0 Å². The van der Waals surface area contributed by atoms with Crippen LogP contribution in [0.2, 0.25) is 0 Å². The maximum absolute atomic E-state index is 4.88. The fraction of sp³-hybridized carbons (Fsp3) is 0.250. The van der Waals surface area contributed by atoms with Gasteiger partial charge in [-0.2, -0.15) is 5.10 Å². The number of fused-ring (bicyclic) bond motifs is 4. The minimum Gasteiger partial charge on any atom is -0.272 e. The molecule has 0 N–H and O–H groups in total. The Hall–Kier alpha value is -2.16. The molecule has 0 amide bonds. The third kappa shape index (κ3) is 1.38. The van der Waals surface area contributed by atoms with Crippen LogP contribution in [0, 0.1) is 6.92 Å². The lowest BCUT2D eigenvalue weighted by atomic mass is 9.89. The van der Waals surface area contributed by atoms with Gasteiger partial charge in [0.15, 0.2) is 0 Å². The molecule has 0 aliphatic heterocycles. The molecule has 19 heavy (non-hydrogen) atoms. The molecule has 0 radical (unpaired) electrons. The second-order valence-electron chi connectivity index (χ2n) is 5.21. The van der Waals surface area contributed by atoms with Gasteiger partial charge >= 0.3 is 0 Å². The van der Waals surface area contributed by atoms with Crippen LogP contribution in [0.3, 0.4) is 0 Å². The Labute approximate surface area is 111 Å². The second-order valence-corrected chi connectivity index (χ2v) is 5.21. The van der Waals surface area contributed by atoms with Crippen molar-refractivity contribution in [3.05, 3.63) is 47.3 Å². The first kappa shape index (κ1) is 10.7. The number of aromatic nitrogens is 3. The lowest BCUT2D eigenvalue weighted by Crippen LogP contribution is -2.10. The fourth-order valence-electron chi connectivity index (χ4n) is 3.15. The predicted molar refractivity (Wildman–Crippen MR) is 76.1 cm³/mol. The van der Waals surface area contributed by atoms with E-state index in [1.165, 1.54) is 27.8 Å². The number of para-hydroxylation sites is 1. The van der Waals surface area contributed by atoms with E-state index in [2.05, 4.69) is 30.2 Å². The monoisotopic (exact) mass is 249 g/mol. The van der Waals surface area contributed by atoms with Crippen LogP contribution in [0.5, 0.6) is 0 Å². The third-order valence-corrected chi connectivity index (χ3v) is 4.21. The van der Waals surface area contributed by atoms with Crippen molar-refractivity contribution in [1.29, 1.82) is 0 Å². The third-order valence-electron chi connectivity index (χ3n) is 4.21. The molecule has 4 rings (SSSR count). The Kier molecular flexibility index (Phi) is 2.07. The zero-order chi connectivity index (χ0) is 13.0. The number of hydrogen-bond acceptors (Lipinski definition) is 2. The first-order valence-electron chi connectivity index (χ1n) is 6.65. The van der Waals surface area contributed by atoms with Gasteiger partial charge in [-0.05, 0) is 37.0 Å². The normalized spacial score (nSPS) is 13.4. The summed E-state index contributed by atoms with van der Waals surface area (Å²) < 4.78 is 1.98. The van der Waals surface area contributed by atoms with Gasteiger partial charge in [0.05, 0.1) is 17.4 Å². The number of nitrogens with zero attached hydrogens (tertiary/aromatic N) is 3. The summed E-state index contributed by atoms with van der Waals surface area (Å²) in [7, 11) is 2.01. The Morgan fingerprint density at radius 2 is 2.00 bits per heavy atom. The smallest absolute Gasteiger partial charge is 0.0778 e. The van der Waals surface area contributed by atoms with Crippen molar-refractivity contribution in [2.45, 2.75) is 19.8 Å². The predicted octanol–water partition coefficient (Wildman–Crippen LogP) is 3.04. The molecule has 0 atom stereocenters. The Bertz CT molecular complexity index is 799. The van der Waals surface area contributed by atoms with Crippen LogP contribution in [-0.2, 0) is 19.9 Å². The summed E-state index contributed by atoms with van der Waals surface area (Å²) in [5.74, 6) is 0. The van der Waals surface area contributed by atoms with Crippen LogP contribution < -0.4 is 0 Å². The summed E-state index contributed by atoms with van der Waals surface area (Å²) >= 11 is 0. The number of benzene rings is 1. The van der Waals surface area contributed by atoms with Gasteiger partial charge in [-0.15, -0.1) is 0 Å². The van der Waals surface area contributed by atoms with Crippen molar-refractivity contribution in [2.75, 3.05) is 0 Å². The van der Waals surface area contributed by atoms with E-state index in [1.807, 2.05) is 24.0 Å². The van der Waals surface area contributed by atoms with E-state index in [0.29, 0.717) is 0 Å². The minimum absolute atomic E-state index is 1.06. The fourth-order valence-corrected chi connectivity index (χ4v) is 3.15. The molecule has 3 heteroatoms. The van der Waals surface area contributed by atoms with Crippen molar-refractivity contribution in [1.82, 2.24) is 14.8 Å². The van der Waals surface area contributed by atoms with Gasteiger partial charge in [-0.25, -0.2) is 4.98 Å². The molecule has 3 nitrogen and oxygen atoms in total. The topological polar surface area (TPSA) is 30.7 Å². The van der Waals surface area contributed by atoms with E-state index < -0.39 is 0 Å². The average molecular weight is 249 g/mol. The van der Waals surface area contributed by atoms with Gasteiger partial charge in [0.25, 0.3) is 0 Å². The van der Waals surface area contributed by atoms with E-state index in [4.69, 9.17) is 4.98 Å². The maximum Gasteiger partial charge on any atom is 0.0778 e. The molecule has 94 valence electrons. The SMILES string of the molecule is Cc1c2c(nc3ccccc13)-c1cnn(C)c1CC2. The molecule has 0 fully saturated rings.